The molecule has 15 N–H and O–H groups in total. The van der Waals surface area contributed by atoms with Gasteiger partial charge >= 0.3 is 5.97 Å². The topological polar surface area (TPSA) is 363 Å². The Hall–Kier alpha value is -6.65. The molecule has 2 rings (SSSR count). The molecule has 0 bridgehead atoms. The van der Waals surface area contributed by atoms with Gasteiger partial charge in [-0.05, 0) is 104 Å². The summed E-state index contributed by atoms with van der Waals surface area (Å²) in [7, 11) is 0. The Kier molecular flexibility index (Phi) is 29.6. The van der Waals surface area contributed by atoms with E-state index in [0.29, 0.717) is 24.8 Å². The Morgan fingerprint density at radius 3 is 1.41 bits per heavy atom. The van der Waals surface area contributed by atoms with Gasteiger partial charge < -0.3 is 69.3 Å². The lowest BCUT2D eigenvalue weighted by Gasteiger charge is -2.31. The SMILES string of the molecule is CC[C@H](C)[C@H](NC(=O)[C@@H](NC(=O)[C@H](CCCCN)NC(=O)[C@H](Cc1ccc(O)cc1)NC(=O)[C@H](CC(C)C)NC(=O)[C@@H](N)Cc1ccccc1)C(C)C)C(=O)N[C@@H](CC(C)C)C(=O)N[C@@H](CO)C(=O)N[C@@H](CC(C)C)C(=O)O. The normalized spacial score (nSPS) is 15.3. The number of aliphatic carboxylic acids is 1. The second kappa shape index (κ2) is 34.3. The molecule has 2 aromatic carbocycles. The molecule has 0 aliphatic rings. The lowest BCUT2D eigenvalue weighted by atomic mass is 9.95. The molecule has 22 nitrogen and oxygen atoms in total. The van der Waals surface area contributed by atoms with Crippen molar-refractivity contribution in [3.63, 3.8) is 0 Å². The minimum atomic E-state index is -1.55. The maximum atomic E-state index is 14.5. The second-order valence-electron chi connectivity index (χ2n) is 21.8. The molecular formula is C56H90N10O12. The third-order valence-electron chi connectivity index (χ3n) is 13.1. The van der Waals surface area contributed by atoms with E-state index in [9.17, 15) is 58.5 Å². The van der Waals surface area contributed by atoms with Crippen LogP contribution >= 0.6 is 0 Å². The van der Waals surface area contributed by atoms with Gasteiger partial charge in [-0.15, -0.1) is 0 Å². The van der Waals surface area contributed by atoms with Crippen LogP contribution in [0, 0.1) is 29.6 Å². The number of carboxylic acid groups (broad SMARTS) is 1. The minimum Gasteiger partial charge on any atom is -0.508 e. The summed E-state index contributed by atoms with van der Waals surface area (Å²) in [5.41, 5.74) is 13.5. The van der Waals surface area contributed by atoms with E-state index in [1.807, 2.05) is 44.2 Å². The van der Waals surface area contributed by atoms with Crippen molar-refractivity contribution in [2.24, 2.45) is 41.1 Å². The van der Waals surface area contributed by atoms with Gasteiger partial charge in [0.25, 0.3) is 0 Å². The van der Waals surface area contributed by atoms with Crippen molar-refractivity contribution in [1.82, 2.24) is 42.5 Å². The molecule has 0 radical (unpaired) electrons. The van der Waals surface area contributed by atoms with Crippen molar-refractivity contribution in [2.75, 3.05) is 13.2 Å². The summed E-state index contributed by atoms with van der Waals surface area (Å²) in [6.07, 6.45) is 1.79. The van der Waals surface area contributed by atoms with Crippen LogP contribution in [0.25, 0.3) is 0 Å². The monoisotopic (exact) mass is 1090 g/mol. The Bertz CT molecular complexity index is 2250. The summed E-state index contributed by atoms with van der Waals surface area (Å²) in [6, 6.07) is 3.86. The first kappa shape index (κ1) is 67.5. The third-order valence-corrected chi connectivity index (χ3v) is 13.1. The highest BCUT2D eigenvalue weighted by Crippen LogP contribution is 2.16. The number of benzene rings is 2. The summed E-state index contributed by atoms with van der Waals surface area (Å²) in [5.74, 6) is -8.80. The number of rotatable bonds is 35. The van der Waals surface area contributed by atoms with Crippen LogP contribution in [0.4, 0.5) is 0 Å². The van der Waals surface area contributed by atoms with Crippen molar-refractivity contribution in [3.05, 3.63) is 65.7 Å². The molecule has 10 atom stereocenters. The average molecular weight is 1100 g/mol. The van der Waals surface area contributed by atoms with Crippen molar-refractivity contribution >= 4 is 53.2 Å². The zero-order valence-electron chi connectivity index (χ0n) is 47.2. The molecule has 436 valence electrons. The molecule has 22 heteroatoms. The summed E-state index contributed by atoms with van der Waals surface area (Å²) in [4.78, 5) is 124. The molecule has 0 aliphatic carbocycles. The van der Waals surface area contributed by atoms with Crippen LogP contribution in [0.5, 0.6) is 5.75 Å². The zero-order valence-corrected chi connectivity index (χ0v) is 47.2. The first-order valence-electron chi connectivity index (χ1n) is 27.2. The Balaban J connectivity index is 2.42. The fraction of sp³-hybridized carbons (Fsp3) is 0.625. The van der Waals surface area contributed by atoms with Crippen LogP contribution < -0.4 is 54.0 Å². The van der Waals surface area contributed by atoms with E-state index in [1.54, 1.807) is 67.5 Å². The van der Waals surface area contributed by atoms with Gasteiger partial charge in [-0.1, -0.05) is 118 Å². The molecule has 78 heavy (non-hydrogen) atoms. The van der Waals surface area contributed by atoms with Gasteiger partial charge in [-0.2, -0.15) is 0 Å². The van der Waals surface area contributed by atoms with Crippen molar-refractivity contribution in [2.45, 2.75) is 181 Å². The Morgan fingerprint density at radius 2 is 0.910 bits per heavy atom. The number of unbranched alkanes of at least 4 members (excludes halogenated alkanes) is 1. The maximum Gasteiger partial charge on any atom is 0.326 e. The molecule has 0 spiro atoms. The number of phenolic OH excluding ortho intramolecular Hbond substituents is 1. The van der Waals surface area contributed by atoms with Crippen LogP contribution in [0.1, 0.15) is 125 Å². The van der Waals surface area contributed by atoms with E-state index in [0.717, 1.165) is 5.56 Å². The summed E-state index contributed by atoms with van der Waals surface area (Å²) in [5, 5.41) is 51.1. The molecule has 2 aromatic rings. The number of carbonyl (C=O) groups excluding carboxylic acids is 8. The Morgan fingerprint density at radius 1 is 0.487 bits per heavy atom. The second-order valence-corrected chi connectivity index (χ2v) is 21.8. The van der Waals surface area contributed by atoms with E-state index in [2.05, 4.69) is 42.5 Å². The molecular weight excluding hydrogens is 1000 g/mol. The highest BCUT2D eigenvalue weighted by molar-refractivity contribution is 5.98. The smallest absolute Gasteiger partial charge is 0.326 e. The largest absolute Gasteiger partial charge is 0.508 e. The molecule has 0 fully saturated rings. The highest BCUT2D eigenvalue weighted by Gasteiger charge is 2.37. The fourth-order valence-electron chi connectivity index (χ4n) is 8.46. The van der Waals surface area contributed by atoms with Gasteiger partial charge in [-0.25, -0.2) is 4.79 Å². The summed E-state index contributed by atoms with van der Waals surface area (Å²) in [6.45, 7) is 17.1. The minimum absolute atomic E-state index is 0.0309. The summed E-state index contributed by atoms with van der Waals surface area (Å²) >= 11 is 0. The number of carbonyl (C=O) groups is 9. The van der Waals surface area contributed by atoms with Crippen LogP contribution in [-0.2, 0) is 56.0 Å². The van der Waals surface area contributed by atoms with Crippen LogP contribution in [0.2, 0.25) is 0 Å². The molecule has 0 heterocycles. The van der Waals surface area contributed by atoms with Gasteiger partial charge in [0.1, 0.15) is 54.1 Å². The number of hydrogen-bond donors (Lipinski definition) is 13. The molecule has 0 aliphatic heterocycles. The molecule has 0 saturated carbocycles. The van der Waals surface area contributed by atoms with E-state index < -0.39 is 126 Å². The summed E-state index contributed by atoms with van der Waals surface area (Å²) < 4.78 is 0. The molecule has 8 amide bonds. The third kappa shape index (κ3) is 23.9. The van der Waals surface area contributed by atoms with Gasteiger partial charge in [0.2, 0.25) is 47.3 Å². The van der Waals surface area contributed by atoms with Crippen molar-refractivity contribution in [1.29, 1.82) is 0 Å². The zero-order chi connectivity index (χ0) is 58.8. The number of amides is 8. The lowest BCUT2D eigenvalue weighted by molar-refractivity contribution is -0.143. The Labute approximate surface area is 459 Å². The number of nitrogens with two attached hydrogens (primary N) is 2. The van der Waals surface area contributed by atoms with E-state index in [1.165, 1.54) is 12.1 Å². The molecule has 0 saturated heterocycles. The van der Waals surface area contributed by atoms with Crippen LogP contribution in [-0.4, -0.2) is 136 Å². The predicted octanol–water partition coefficient (Wildman–Crippen LogP) is 1.43. The maximum absolute atomic E-state index is 14.5. The quantitative estimate of drug-likeness (QED) is 0.0435. The van der Waals surface area contributed by atoms with Gasteiger partial charge in [0.05, 0.1) is 12.6 Å². The first-order valence-corrected chi connectivity index (χ1v) is 27.2. The number of aromatic hydroxyl groups is 1. The van der Waals surface area contributed by atoms with Gasteiger partial charge in [0.15, 0.2) is 0 Å². The van der Waals surface area contributed by atoms with E-state index >= 15 is 0 Å². The predicted molar refractivity (Wildman–Crippen MR) is 296 cm³/mol. The van der Waals surface area contributed by atoms with E-state index in [4.69, 9.17) is 11.5 Å². The van der Waals surface area contributed by atoms with Crippen molar-refractivity contribution in [3.8, 4) is 5.75 Å². The molecule has 0 unspecified atom stereocenters. The number of aliphatic hydroxyl groups is 1. The fourth-order valence-corrected chi connectivity index (χ4v) is 8.46. The number of carboxylic acids is 1. The highest BCUT2D eigenvalue weighted by atomic mass is 16.4. The standard InChI is InChI=1S/C56H90N10O12/c1-11-35(10)47(55(76)62-42(26-32(4)5)51(72)64-45(30-67)53(74)63-44(56(77)78)27-33(6)7)66-54(75)46(34(8)9)65-49(70)40(19-15-16-24-57)59-52(73)43(29-37-20-22-38(68)23-21-37)61-50(71)41(25-31(2)3)60-48(69)39(58)28-36-17-13-12-14-18-36/h12-14,17-18,20-23,31-35,39-47,67-68H,11,15-16,19,24-30,57-58H2,1-10H3,(H,59,73)(H,60,69)(H,61,71)(H,62,76)(H,63,74)(H,64,72)(H,65,70)(H,66,75)(H,77,78)/t35-,39-,40-,41-,42-,43-,44-,45-,46-,47-/m0/s1. The number of hydrogen-bond acceptors (Lipinski definition) is 13. The molecule has 0 aromatic heterocycles. The number of nitrogens with one attached hydrogen (secondary N) is 8. The number of phenols is 1. The van der Waals surface area contributed by atoms with E-state index in [-0.39, 0.29) is 68.6 Å². The van der Waals surface area contributed by atoms with Gasteiger partial charge in [-0.3, -0.25) is 38.4 Å². The average Bonchev–Trinajstić information content (AvgIpc) is 3.37. The number of aliphatic hydroxyl groups excluding tert-OH is 1. The van der Waals surface area contributed by atoms with Crippen LogP contribution in [0.3, 0.4) is 0 Å². The lowest BCUT2D eigenvalue weighted by Crippen LogP contribution is -2.62. The van der Waals surface area contributed by atoms with Gasteiger partial charge in [0, 0.05) is 6.42 Å². The first-order chi connectivity index (χ1) is 36.7. The van der Waals surface area contributed by atoms with Crippen LogP contribution in [0.15, 0.2) is 54.6 Å². The van der Waals surface area contributed by atoms with Crippen molar-refractivity contribution < 1.29 is 58.5 Å².